The van der Waals surface area contributed by atoms with E-state index in [-0.39, 0.29) is 12.4 Å². The molecule has 0 fully saturated rings. The van der Waals surface area contributed by atoms with E-state index < -0.39 is 10.0 Å². The zero-order valence-electron chi connectivity index (χ0n) is 12.7. The van der Waals surface area contributed by atoms with Crippen LogP contribution in [0.4, 0.5) is 5.69 Å². The Hall–Kier alpha value is -1.76. The van der Waals surface area contributed by atoms with Gasteiger partial charge in [-0.15, -0.1) is 0 Å². The summed E-state index contributed by atoms with van der Waals surface area (Å²) in [5, 5.41) is 0.679. The van der Waals surface area contributed by atoms with E-state index in [1.165, 1.54) is 7.11 Å². The lowest BCUT2D eigenvalue weighted by Gasteiger charge is -2.09. The Morgan fingerprint density at radius 1 is 1.04 bits per heavy atom. The molecule has 0 saturated heterocycles. The first-order chi connectivity index (χ1) is 11.0. The van der Waals surface area contributed by atoms with E-state index in [4.69, 9.17) is 21.1 Å². The van der Waals surface area contributed by atoms with E-state index in [0.717, 1.165) is 5.56 Å². The topological polar surface area (TPSA) is 64.6 Å². The molecule has 124 valence electrons. The van der Waals surface area contributed by atoms with Gasteiger partial charge in [-0.3, -0.25) is 4.72 Å². The lowest BCUT2D eigenvalue weighted by Crippen LogP contribution is -2.19. The van der Waals surface area contributed by atoms with Gasteiger partial charge < -0.3 is 9.47 Å². The van der Waals surface area contributed by atoms with Crippen LogP contribution in [0, 0.1) is 0 Å². The standard InChI is InChI=1S/C16H18ClNO4S/c1-21-10-11-23(19,20)18-15-6-8-16(9-7-15)22-12-13-2-4-14(17)5-3-13/h2-9,18H,10-12H2,1H3. The molecule has 0 aliphatic heterocycles. The molecule has 0 aliphatic rings. The monoisotopic (exact) mass is 355 g/mol. The zero-order valence-corrected chi connectivity index (χ0v) is 14.2. The maximum atomic E-state index is 11.7. The van der Waals surface area contributed by atoms with Crippen molar-refractivity contribution in [3.63, 3.8) is 0 Å². The molecular weight excluding hydrogens is 338 g/mol. The predicted molar refractivity (Wildman–Crippen MR) is 91.5 cm³/mol. The van der Waals surface area contributed by atoms with Crippen molar-refractivity contribution in [1.29, 1.82) is 0 Å². The van der Waals surface area contributed by atoms with E-state index in [1.54, 1.807) is 36.4 Å². The van der Waals surface area contributed by atoms with E-state index in [0.29, 0.717) is 23.1 Å². The van der Waals surface area contributed by atoms with Gasteiger partial charge in [0.25, 0.3) is 0 Å². The van der Waals surface area contributed by atoms with Crippen molar-refractivity contribution in [1.82, 2.24) is 0 Å². The van der Waals surface area contributed by atoms with Gasteiger partial charge in [0.15, 0.2) is 0 Å². The van der Waals surface area contributed by atoms with Crippen molar-refractivity contribution in [2.45, 2.75) is 6.61 Å². The fourth-order valence-electron chi connectivity index (χ4n) is 1.79. The van der Waals surface area contributed by atoms with Crippen molar-refractivity contribution in [3.05, 3.63) is 59.1 Å². The predicted octanol–water partition coefficient (Wildman–Crippen LogP) is 3.31. The van der Waals surface area contributed by atoms with E-state index >= 15 is 0 Å². The molecule has 0 heterocycles. The van der Waals surface area contributed by atoms with Crippen molar-refractivity contribution in [2.24, 2.45) is 0 Å². The molecule has 2 aromatic carbocycles. The molecule has 0 bridgehead atoms. The van der Waals surface area contributed by atoms with Crippen LogP contribution in [-0.2, 0) is 21.4 Å². The number of hydrogen-bond donors (Lipinski definition) is 1. The third-order valence-electron chi connectivity index (χ3n) is 3.00. The number of ether oxygens (including phenoxy) is 2. The van der Waals surface area contributed by atoms with Crippen LogP contribution in [-0.4, -0.2) is 27.9 Å². The molecule has 0 unspecified atom stereocenters. The van der Waals surface area contributed by atoms with E-state index in [1.807, 2.05) is 12.1 Å². The number of rotatable bonds is 8. The highest BCUT2D eigenvalue weighted by Gasteiger charge is 2.09. The molecule has 0 atom stereocenters. The van der Waals surface area contributed by atoms with Crippen molar-refractivity contribution in [2.75, 3.05) is 24.2 Å². The first-order valence-corrected chi connectivity index (χ1v) is 8.98. The minimum atomic E-state index is -3.40. The molecule has 0 spiro atoms. The minimum absolute atomic E-state index is 0.0850. The van der Waals surface area contributed by atoms with Gasteiger partial charge in [0.05, 0.1) is 12.4 Å². The Morgan fingerprint density at radius 3 is 2.30 bits per heavy atom. The molecule has 0 radical (unpaired) electrons. The highest BCUT2D eigenvalue weighted by atomic mass is 35.5. The van der Waals surface area contributed by atoms with Gasteiger partial charge >= 0.3 is 0 Å². The first kappa shape index (κ1) is 17.6. The third-order valence-corrected chi connectivity index (χ3v) is 4.51. The summed E-state index contributed by atoms with van der Waals surface area (Å²) >= 11 is 5.83. The molecular formula is C16H18ClNO4S. The highest BCUT2D eigenvalue weighted by Crippen LogP contribution is 2.18. The Morgan fingerprint density at radius 2 is 1.70 bits per heavy atom. The molecule has 7 heteroatoms. The van der Waals surface area contributed by atoms with Gasteiger partial charge in [-0.05, 0) is 42.0 Å². The fourth-order valence-corrected chi connectivity index (χ4v) is 2.90. The summed E-state index contributed by atoms with van der Waals surface area (Å²) in [6, 6.07) is 14.1. The number of sulfonamides is 1. The zero-order chi connectivity index (χ0) is 16.7. The van der Waals surface area contributed by atoms with Gasteiger partial charge in [-0.2, -0.15) is 0 Å². The Balaban J connectivity index is 1.90. The quantitative estimate of drug-likeness (QED) is 0.789. The summed E-state index contributed by atoms with van der Waals surface area (Å²) in [6.07, 6.45) is 0. The Bertz CT molecular complexity index is 715. The molecule has 0 amide bonds. The molecule has 2 aromatic rings. The van der Waals surface area contributed by atoms with Crippen LogP contribution in [0.5, 0.6) is 5.75 Å². The summed E-state index contributed by atoms with van der Waals surface area (Å²) in [5.74, 6) is 0.568. The average molecular weight is 356 g/mol. The maximum Gasteiger partial charge on any atom is 0.234 e. The van der Waals surface area contributed by atoms with Gasteiger partial charge in [0.1, 0.15) is 12.4 Å². The number of benzene rings is 2. The normalized spacial score (nSPS) is 11.2. The smallest absolute Gasteiger partial charge is 0.234 e. The summed E-state index contributed by atoms with van der Waals surface area (Å²) in [5.41, 5.74) is 1.48. The largest absolute Gasteiger partial charge is 0.489 e. The molecule has 23 heavy (non-hydrogen) atoms. The van der Waals surface area contributed by atoms with Gasteiger partial charge in [0, 0.05) is 17.8 Å². The maximum absolute atomic E-state index is 11.7. The number of halogens is 1. The summed E-state index contributed by atoms with van der Waals surface area (Å²) in [4.78, 5) is 0. The van der Waals surface area contributed by atoms with Crippen LogP contribution in [0.1, 0.15) is 5.56 Å². The van der Waals surface area contributed by atoms with Gasteiger partial charge in [0.2, 0.25) is 10.0 Å². The second kappa shape index (κ2) is 8.19. The van der Waals surface area contributed by atoms with Crippen molar-refractivity contribution >= 4 is 27.3 Å². The Labute approximate surface area is 141 Å². The fraction of sp³-hybridized carbons (Fsp3) is 0.250. The molecule has 0 saturated carbocycles. The van der Waals surface area contributed by atoms with Crippen LogP contribution in [0.25, 0.3) is 0 Å². The van der Waals surface area contributed by atoms with Crippen LogP contribution in [0.3, 0.4) is 0 Å². The van der Waals surface area contributed by atoms with Crippen LogP contribution < -0.4 is 9.46 Å². The van der Waals surface area contributed by atoms with Crippen LogP contribution >= 0.6 is 11.6 Å². The molecule has 1 N–H and O–H groups in total. The number of hydrogen-bond acceptors (Lipinski definition) is 4. The molecule has 0 aromatic heterocycles. The SMILES string of the molecule is COCCS(=O)(=O)Nc1ccc(OCc2ccc(Cl)cc2)cc1. The first-order valence-electron chi connectivity index (χ1n) is 6.95. The lowest BCUT2D eigenvalue weighted by molar-refractivity contribution is 0.217. The number of nitrogens with one attached hydrogen (secondary N) is 1. The van der Waals surface area contributed by atoms with Crippen LogP contribution in [0.15, 0.2) is 48.5 Å². The molecule has 5 nitrogen and oxygen atoms in total. The second-order valence-electron chi connectivity index (χ2n) is 4.85. The van der Waals surface area contributed by atoms with Crippen molar-refractivity contribution < 1.29 is 17.9 Å². The third kappa shape index (κ3) is 6.09. The van der Waals surface area contributed by atoms with Gasteiger partial charge in [-0.25, -0.2) is 8.42 Å². The summed E-state index contributed by atoms with van der Waals surface area (Å²) in [7, 11) is -1.94. The van der Waals surface area contributed by atoms with Crippen molar-refractivity contribution in [3.8, 4) is 5.75 Å². The average Bonchev–Trinajstić information content (AvgIpc) is 2.53. The minimum Gasteiger partial charge on any atom is -0.489 e. The number of anilines is 1. The summed E-state index contributed by atoms with van der Waals surface area (Å²) in [6.45, 7) is 0.563. The Kier molecular flexibility index (Phi) is 6.27. The highest BCUT2D eigenvalue weighted by molar-refractivity contribution is 7.92. The lowest BCUT2D eigenvalue weighted by atomic mass is 10.2. The molecule has 0 aliphatic carbocycles. The van der Waals surface area contributed by atoms with Gasteiger partial charge in [-0.1, -0.05) is 23.7 Å². The second-order valence-corrected chi connectivity index (χ2v) is 7.13. The van der Waals surface area contributed by atoms with Crippen LogP contribution in [0.2, 0.25) is 5.02 Å². The summed E-state index contributed by atoms with van der Waals surface area (Å²) < 4.78 is 36.4. The van der Waals surface area contributed by atoms with E-state index in [9.17, 15) is 8.42 Å². The molecule has 2 rings (SSSR count). The van der Waals surface area contributed by atoms with E-state index in [2.05, 4.69) is 4.72 Å². The number of methoxy groups -OCH3 is 1.